The standard InChI is InChI=1S/C24H29N3O3/c1-25-21-6-4-5-19(17-21)11-14-27-15-12-24(29,13-16-27)18-26(2)22-9-7-20(8-10-22)23(28)30-3/h4-10,17,29H,11-16,18H2,2-3H3. The molecule has 1 heterocycles. The average molecular weight is 408 g/mol. The number of hydrogen-bond acceptors (Lipinski definition) is 5. The number of likely N-dealkylation sites (N-methyl/N-ethyl adjacent to an activating group) is 1. The van der Waals surface area contributed by atoms with Gasteiger partial charge >= 0.3 is 5.97 Å². The summed E-state index contributed by atoms with van der Waals surface area (Å²) in [6.07, 6.45) is 2.35. The van der Waals surface area contributed by atoms with Gasteiger partial charge in [0, 0.05) is 38.9 Å². The number of anilines is 1. The largest absolute Gasteiger partial charge is 0.465 e. The number of hydrogen-bond donors (Lipinski definition) is 1. The van der Waals surface area contributed by atoms with Crippen molar-refractivity contribution in [1.82, 2.24) is 4.90 Å². The lowest BCUT2D eigenvalue weighted by molar-refractivity contribution is -0.0137. The number of piperidine rings is 1. The second kappa shape index (κ2) is 9.75. The highest BCUT2D eigenvalue weighted by Crippen LogP contribution is 2.26. The van der Waals surface area contributed by atoms with E-state index in [1.807, 2.05) is 42.3 Å². The zero-order valence-electron chi connectivity index (χ0n) is 17.7. The summed E-state index contributed by atoms with van der Waals surface area (Å²) in [6.45, 7) is 10.3. The molecular formula is C24H29N3O3. The molecular weight excluding hydrogens is 378 g/mol. The van der Waals surface area contributed by atoms with Crippen molar-refractivity contribution in [3.8, 4) is 0 Å². The van der Waals surface area contributed by atoms with E-state index >= 15 is 0 Å². The number of aliphatic hydroxyl groups is 1. The second-order valence-corrected chi connectivity index (χ2v) is 7.99. The van der Waals surface area contributed by atoms with Crippen molar-refractivity contribution in [3.05, 3.63) is 71.1 Å². The summed E-state index contributed by atoms with van der Waals surface area (Å²) in [5.74, 6) is -0.351. The number of likely N-dealkylation sites (tertiary alicyclic amines) is 1. The highest BCUT2D eigenvalue weighted by atomic mass is 16.5. The minimum absolute atomic E-state index is 0.351. The van der Waals surface area contributed by atoms with Gasteiger partial charge < -0.3 is 19.6 Å². The first kappa shape index (κ1) is 21.8. The van der Waals surface area contributed by atoms with Crippen LogP contribution in [0.15, 0.2) is 48.5 Å². The molecule has 1 fully saturated rings. The van der Waals surface area contributed by atoms with Gasteiger partial charge in [-0.15, -0.1) is 0 Å². The number of rotatable bonds is 7. The Morgan fingerprint density at radius 1 is 1.23 bits per heavy atom. The Kier molecular flexibility index (Phi) is 7.09. The zero-order valence-corrected chi connectivity index (χ0v) is 17.7. The molecule has 0 atom stereocenters. The summed E-state index contributed by atoms with van der Waals surface area (Å²) in [4.78, 5) is 19.5. The molecule has 0 spiro atoms. The molecule has 2 aromatic carbocycles. The van der Waals surface area contributed by atoms with Crippen molar-refractivity contribution in [3.63, 3.8) is 0 Å². The van der Waals surface area contributed by atoms with Crippen LogP contribution in [0.2, 0.25) is 0 Å². The van der Waals surface area contributed by atoms with Gasteiger partial charge in [-0.1, -0.05) is 29.8 Å². The molecule has 0 saturated carbocycles. The van der Waals surface area contributed by atoms with Crippen LogP contribution in [0.3, 0.4) is 0 Å². The van der Waals surface area contributed by atoms with Crippen molar-refractivity contribution in [2.24, 2.45) is 0 Å². The van der Waals surface area contributed by atoms with Gasteiger partial charge in [0.1, 0.15) is 0 Å². The average Bonchev–Trinajstić information content (AvgIpc) is 2.78. The fourth-order valence-corrected chi connectivity index (χ4v) is 3.92. The van der Waals surface area contributed by atoms with E-state index in [0.29, 0.717) is 17.8 Å². The van der Waals surface area contributed by atoms with E-state index in [2.05, 4.69) is 15.8 Å². The van der Waals surface area contributed by atoms with Gasteiger partial charge in [-0.2, -0.15) is 0 Å². The molecule has 0 aliphatic carbocycles. The smallest absolute Gasteiger partial charge is 0.337 e. The van der Waals surface area contributed by atoms with Crippen LogP contribution in [0, 0.1) is 6.57 Å². The third kappa shape index (κ3) is 5.59. The summed E-state index contributed by atoms with van der Waals surface area (Å²) in [5, 5.41) is 11.1. The van der Waals surface area contributed by atoms with E-state index < -0.39 is 5.60 Å². The van der Waals surface area contributed by atoms with Gasteiger partial charge in [-0.25, -0.2) is 9.64 Å². The van der Waals surface area contributed by atoms with E-state index in [1.165, 1.54) is 12.7 Å². The highest BCUT2D eigenvalue weighted by molar-refractivity contribution is 5.89. The SMILES string of the molecule is [C-]#[N+]c1cccc(CCN2CCC(O)(CN(C)c3ccc(C(=O)OC)cc3)CC2)c1. The van der Waals surface area contributed by atoms with Crippen LogP contribution in [0.25, 0.3) is 4.85 Å². The topological polar surface area (TPSA) is 57.4 Å². The van der Waals surface area contributed by atoms with Crippen LogP contribution in [0.5, 0.6) is 0 Å². The Labute approximate surface area is 178 Å². The molecule has 0 unspecified atom stereocenters. The number of methoxy groups -OCH3 is 1. The molecule has 1 aliphatic heterocycles. The Morgan fingerprint density at radius 2 is 1.93 bits per heavy atom. The number of carbonyl (C=O) groups is 1. The maximum Gasteiger partial charge on any atom is 0.337 e. The lowest BCUT2D eigenvalue weighted by Gasteiger charge is -2.40. The van der Waals surface area contributed by atoms with E-state index in [9.17, 15) is 9.90 Å². The van der Waals surface area contributed by atoms with E-state index in [0.717, 1.165) is 44.6 Å². The monoisotopic (exact) mass is 407 g/mol. The summed E-state index contributed by atoms with van der Waals surface area (Å²) in [5.41, 5.74) is 2.61. The third-order valence-electron chi connectivity index (χ3n) is 5.80. The van der Waals surface area contributed by atoms with E-state index in [1.54, 1.807) is 12.1 Å². The summed E-state index contributed by atoms with van der Waals surface area (Å²) >= 11 is 0. The van der Waals surface area contributed by atoms with Crippen molar-refractivity contribution >= 4 is 17.3 Å². The van der Waals surface area contributed by atoms with Crippen molar-refractivity contribution in [1.29, 1.82) is 0 Å². The Morgan fingerprint density at radius 3 is 2.57 bits per heavy atom. The molecule has 1 N–H and O–H groups in total. The predicted molar refractivity (Wildman–Crippen MR) is 118 cm³/mol. The molecule has 2 aromatic rings. The van der Waals surface area contributed by atoms with Crippen LogP contribution in [-0.4, -0.2) is 61.9 Å². The van der Waals surface area contributed by atoms with Crippen LogP contribution >= 0.6 is 0 Å². The first-order chi connectivity index (χ1) is 14.4. The Balaban J connectivity index is 1.49. The molecule has 158 valence electrons. The minimum Gasteiger partial charge on any atom is -0.465 e. The summed E-state index contributed by atoms with van der Waals surface area (Å²) < 4.78 is 4.73. The number of nitrogens with zero attached hydrogens (tertiary/aromatic N) is 3. The van der Waals surface area contributed by atoms with Crippen molar-refractivity contribution < 1.29 is 14.6 Å². The first-order valence-corrected chi connectivity index (χ1v) is 10.2. The molecule has 0 bridgehead atoms. The number of esters is 1. The number of benzene rings is 2. The van der Waals surface area contributed by atoms with Gasteiger partial charge in [-0.05, 0) is 43.5 Å². The lowest BCUT2D eigenvalue weighted by Crippen LogP contribution is -2.50. The summed E-state index contributed by atoms with van der Waals surface area (Å²) in [7, 11) is 3.33. The van der Waals surface area contributed by atoms with Crippen LogP contribution in [0.4, 0.5) is 11.4 Å². The van der Waals surface area contributed by atoms with E-state index in [-0.39, 0.29) is 5.97 Å². The van der Waals surface area contributed by atoms with Gasteiger partial charge in [0.15, 0.2) is 5.69 Å². The number of carbonyl (C=O) groups excluding carboxylic acids is 1. The van der Waals surface area contributed by atoms with Crippen LogP contribution in [0.1, 0.15) is 28.8 Å². The second-order valence-electron chi connectivity index (χ2n) is 7.99. The van der Waals surface area contributed by atoms with Crippen molar-refractivity contribution in [2.75, 3.05) is 45.2 Å². The van der Waals surface area contributed by atoms with Crippen molar-refractivity contribution in [2.45, 2.75) is 24.9 Å². The molecule has 0 aromatic heterocycles. The van der Waals surface area contributed by atoms with E-state index in [4.69, 9.17) is 11.3 Å². The Hall–Kier alpha value is -2.88. The minimum atomic E-state index is -0.726. The molecule has 30 heavy (non-hydrogen) atoms. The Bertz CT molecular complexity index is 897. The quantitative estimate of drug-likeness (QED) is 0.562. The first-order valence-electron chi connectivity index (χ1n) is 10.2. The van der Waals surface area contributed by atoms with Crippen LogP contribution in [-0.2, 0) is 11.2 Å². The zero-order chi connectivity index (χ0) is 21.6. The number of ether oxygens (including phenoxy) is 1. The predicted octanol–water partition coefficient (Wildman–Crippen LogP) is 3.53. The normalized spacial score (nSPS) is 15.9. The molecule has 0 radical (unpaired) electrons. The molecule has 0 amide bonds. The van der Waals surface area contributed by atoms with Gasteiger partial charge in [0.05, 0.1) is 24.8 Å². The fourth-order valence-electron chi connectivity index (χ4n) is 3.92. The third-order valence-corrected chi connectivity index (χ3v) is 5.80. The molecule has 1 aliphatic rings. The lowest BCUT2D eigenvalue weighted by atomic mass is 9.90. The summed E-state index contributed by atoms with van der Waals surface area (Å²) in [6, 6.07) is 15.0. The molecule has 1 saturated heterocycles. The molecule has 3 rings (SSSR count). The molecule has 6 heteroatoms. The van der Waals surface area contributed by atoms with Gasteiger partial charge in [0.2, 0.25) is 0 Å². The highest BCUT2D eigenvalue weighted by Gasteiger charge is 2.33. The maximum absolute atomic E-state index is 11.6. The molecule has 6 nitrogen and oxygen atoms in total. The maximum atomic E-state index is 11.6. The van der Waals surface area contributed by atoms with Gasteiger partial charge in [0.25, 0.3) is 0 Å². The van der Waals surface area contributed by atoms with Gasteiger partial charge in [-0.3, -0.25) is 0 Å². The fraction of sp³-hybridized carbons (Fsp3) is 0.417. The van der Waals surface area contributed by atoms with Crippen LogP contribution < -0.4 is 4.90 Å².